The maximum atomic E-state index is 13.2. The van der Waals surface area contributed by atoms with Crippen LogP contribution in [0.3, 0.4) is 0 Å². The van der Waals surface area contributed by atoms with Crippen LogP contribution in [0.4, 0.5) is 8.78 Å². The lowest BCUT2D eigenvalue weighted by molar-refractivity contribution is 0.461. The van der Waals surface area contributed by atoms with E-state index in [-0.39, 0.29) is 5.75 Å². The summed E-state index contributed by atoms with van der Waals surface area (Å²) in [5, 5.41) is 6.40. The number of thioether (sulfide) groups is 1. The Balaban J connectivity index is 1.68. The SMILES string of the molecule is C=C(SN)SC1=NC(c2ccc(Oc3ccc(F)c(F)c3)cc2)=CC1. The van der Waals surface area contributed by atoms with Crippen molar-refractivity contribution in [1.82, 2.24) is 0 Å². The van der Waals surface area contributed by atoms with Crippen molar-refractivity contribution < 1.29 is 13.5 Å². The van der Waals surface area contributed by atoms with E-state index in [1.807, 2.05) is 18.2 Å². The van der Waals surface area contributed by atoms with Crippen molar-refractivity contribution in [3.8, 4) is 11.5 Å². The van der Waals surface area contributed by atoms with Crippen LogP contribution in [0.1, 0.15) is 12.0 Å². The number of allylic oxidation sites excluding steroid dienone is 1. The molecule has 0 saturated carbocycles. The van der Waals surface area contributed by atoms with Crippen LogP contribution in [-0.4, -0.2) is 5.04 Å². The van der Waals surface area contributed by atoms with Gasteiger partial charge in [0.2, 0.25) is 0 Å². The fraction of sp³-hybridized carbons (Fsp3) is 0.0556. The van der Waals surface area contributed by atoms with Gasteiger partial charge in [-0.05, 0) is 48.3 Å². The molecule has 7 heteroatoms. The summed E-state index contributed by atoms with van der Waals surface area (Å²) in [7, 11) is 0. The Morgan fingerprint density at radius 1 is 1.08 bits per heavy atom. The number of hydrogen-bond donors (Lipinski definition) is 1. The highest BCUT2D eigenvalue weighted by molar-refractivity contribution is 8.29. The second kappa shape index (κ2) is 7.86. The molecule has 2 N–H and O–H groups in total. The molecule has 0 amide bonds. The maximum Gasteiger partial charge on any atom is 0.162 e. The standard InChI is InChI=1S/C18H14F2N2OS2/c1-11(25-21)24-18-9-8-17(22-18)12-2-4-13(5-3-12)23-14-6-7-15(19)16(20)10-14/h2-8,10H,1,9,21H2. The van der Waals surface area contributed by atoms with Crippen LogP contribution in [-0.2, 0) is 0 Å². The molecule has 2 aromatic carbocycles. The molecule has 2 aromatic rings. The van der Waals surface area contributed by atoms with Crippen LogP contribution in [0.25, 0.3) is 5.70 Å². The zero-order chi connectivity index (χ0) is 17.8. The zero-order valence-electron chi connectivity index (χ0n) is 13.0. The predicted octanol–water partition coefficient (Wildman–Crippen LogP) is 5.71. The van der Waals surface area contributed by atoms with Crippen molar-refractivity contribution in [3.63, 3.8) is 0 Å². The quantitative estimate of drug-likeness (QED) is 0.679. The molecule has 0 aromatic heterocycles. The zero-order valence-corrected chi connectivity index (χ0v) is 14.7. The summed E-state index contributed by atoms with van der Waals surface area (Å²) >= 11 is 2.57. The monoisotopic (exact) mass is 376 g/mol. The van der Waals surface area contributed by atoms with E-state index in [4.69, 9.17) is 9.88 Å². The van der Waals surface area contributed by atoms with Gasteiger partial charge in [-0.3, -0.25) is 5.14 Å². The van der Waals surface area contributed by atoms with Crippen LogP contribution < -0.4 is 9.88 Å². The van der Waals surface area contributed by atoms with Crippen molar-refractivity contribution in [2.45, 2.75) is 6.42 Å². The maximum absolute atomic E-state index is 13.2. The third-order valence-electron chi connectivity index (χ3n) is 3.36. The fourth-order valence-electron chi connectivity index (χ4n) is 2.18. The topological polar surface area (TPSA) is 47.6 Å². The Morgan fingerprint density at radius 3 is 2.48 bits per heavy atom. The minimum Gasteiger partial charge on any atom is -0.457 e. The molecule has 0 unspecified atom stereocenters. The van der Waals surface area contributed by atoms with E-state index in [9.17, 15) is 8.78 Å². The second-order valence-electron chi connectivity index (χ2n) is 5.09. The lowest BCUT2D eigenvalue weighted by Crippen LogP contribution is -1.89. The molecule has 1 aliphatic rings. The van der Waals surface area contributed by atoms with Crippen LogP contribution in [0.5, 0.6) is 11.5 Å². The lowest BCUT2D eigenvalue weighted by atomic mass is 10.1. The average Bonchev–Trinajstić information content (AvgIpc) is 3.07. The van der Waals surface area contributed by atoms with E-state index in [1.54, 1.807) is 12.1 Å². The van der Waals surface area contributed by atoms with Gasteiger partial charge in [-0.1, -0.05) is 24.4 Å². The van der Waals surface area contributed by atoms with Gasteiger partial charge in [-0.2, -0.15) is 0 Å². The predicted molar refractivity (Wildman–Crippen MR) is 101 cm³/mol. The molecule has 0 fully saturated rings. The molecule has 128 valence electrons. The first-order valence-corrected chi connectivity index (χ1v) is 8.99. The Kier molecular flexibility index (Phi) is 5.57. The van der Waals surface area contributed by atoms with Gasteiger partial charge in [-0.25, -0.2) is 13.8 Å². The van der Waals surface area contributed by atoms with E-state index in [0.717, 1.165) is 51.0 Å². The summed E-state index contributed by atoms with van der Waals surface area (Å²) < 4.78 is 32.5. The molecule has 0 atom stereocenters. The number of ether oxygens (including phenoxy) is 1. The molecule has 0 bridgehead atoms. The number of nitrogens with zero attached hydrogens (tertiary/aromatic N) is 1. The summed E-state index contributed by atoms with van der Waals surface area (Å²) in [6.45, 7) is 3.83. The molecule has 3 rings (SSSR count). The number of benzene rings is 2. The fourth-order valence-corrected chi connectivity index (χ4v) is 3.24. The average molecular weight is 376 g/mol. The van der Waals surface area contributed by atoms with Crippen molar-refractivity contribution in [3.05, 3.63) is 76.6 Å². The van der Waals surface area contributed by atoms with E-state index >= 15 is 0 Å². The number of nitrogens with two attached hydrogens (primary N) is 1. The molecular weight excluding hydrogens is 362 g/mol. The van der Waals surface area contributed by atoms with E-state index in [0.29, 0.717) is 5.75 Å². The van der Waals surface area contributed by atoms with Gasteiger partial charge in [0.1, 0.15) is 11.5 Å². The van der Waals surface area contributed by atoms with Gasteiger partial charge in [-0.15, -0.1) is 0 Å². The summed E-state index contributed by atoms with van der Waals surface area (Å²) in [4.78, 5) is 4.56. The van der Waals surface area contributed by atoms with E-state index in [2.05, 4.69) is 11.6 Å². The summed E-state index contributed by atoms with van der Waals surface area (Å²) in [6, 6.07) is 10.7. The van der Waals surface area contributed by atoms with Crippen molar-refractivity contribution >= 4 is 34.5 Å². The molecular formula is C18H14F2N2OS2. The molecule has 0 aliphatic carbocycles. The Labute approximate surface area is 152 Å². The van der Waals surface area contributed by atoms with Crippen molar-refractivity contribution in [2.75, 3.05) is 0 Å². The first-order valence-electron chi connectivity index (χ1n) is 7.29. The number of halogens is 2. The van der Waals surface area contributed by atoms with E-state index < -0.39 is 11.6 Å². The number of hydrogen-bond acceptors (Lipinski definition) is 5. The van der Waals surface area contributed by atoms with E-state index in [1.165, 1.54) is 17.8 Å². The third-order valence-corrected chi connectivity index (χ3v) is 4.88. The molecule has 25 heavy (non-hydrogen) atoms. The third kappa shape index (κ3) is 4.50. The summed E-state index contributed by atoms with van der Waals surface area (Å²) in [5.41, 5.74) is 1.82. The largest absolute Gasteiger partial charge is 0.457 e. The van der Waals surface area contributed by atoms with Gasteiger partial charge in [0.25, 0.3) is 0 Å². The van der Waals surface area contributed by atoms with Crippen LogP contribution in [0.2, 0.25) is 0 Å². The Bertz CT molecular complexity index is 864. The number of rotatable bonds is 5. The highest BCUT2D eigenvalue weighted by Crippen LogP contribution is 2.33. The van der Waals surface area contributed by atoms with Crippen molar-refractivity contribution in [2.24, 2.45) is 10.1 Å². The Hall–Kier alpha value is -2.09. The first kappa shape index (κ1) is 17.7. The molecule has 0 radical (unpaired) electrons. The smallest absolute Gasteiger partial charge is 0.162 e. The first-order chi connectivity index (χ1) is 12.0. The number of aliphatic imine (C=N–C) groups is 1. The van der Waals surface area contributed by atoms with Crippen LogP contribution >= 0.6 is 23.7 Å². The molecule has 0 saturated heterocycles. The van der Waals surface area contributed by atoms with Gasteiger partial charge >= 0.3 is 0 Å². The van der Waals surface area contributed by atoms with Crippen molar-refractivity contribution in [1.29, 1.82) is 0 Å². The van der Waals surface area contributed by atoms with Gasteiger partial charge < -0.3 is 4.74 Å². The lowest BCUT2D eigenvalue weighted by Gasteiger charge is -2.07. The Morgan fingerprint density at radius 2 is 1.80 bits per heavy atom. The molecule has 1 aliphatic heterocycles. The minimum absolute atomic E-state index is 0.237. The summed E-state index contributed by atoms with van der Waals surface area (Å²) in [5.74, 6) is -1.08. The van der Waals surface area contributed by atoms with Gasteiger partial charge in [0, 0.05) is 18.1 Å². The molecule has 1 heterocycles. The van der Waals surface area contributed by atoms with Crippen LogP contribution in [0.15, 0.2) is 64.3 Å². The summed E-state index contributed by atoms with van der Waals surface area (Å²) in [6.07, 6.45) is 2.77. The normalized spacial score (nSPS) is 13.4. The highest BCUT2D eigenvalue weighted by Gasteiger charge is 2.12. The minimum atomic E-state index is -0.943. The van der Waals surface area contributed by atoms with Crippen LogP contribution in [0, 0.1) is 11.6 Å². The van der Waals surface area contributed by atoms with Gasteiger partial charge in [0.05, 0.1) is 15.0 Å². The van der Waals surface area contributed by atoms with Gasteiger partial charge in [0.15, 0.2) is 11.6 Å². The highest BCUT2D eigenvalue weighted by atomic mass is 32.2. The molecule has 0 spiro atoms. The molecule has 3 nitrogen and oxygen atoms in total. The second-order valence-corrected chi connectivity index (χ2v) is 7.25.